The quantitative estimate of drug-likeness (QED) is 0.397. The highest BCUT2D eigenvalue weighted by Crippen LogP contribution is 2.33. The summed E-state index contributed by atoms with van der Waals surface area (Å²) in [6, 6.07) is 8.41. The van der Waals surface area contributed by atoms with Crippen LogP contribution < -0.4 is 5.32 Å². The predicted molar refractivity (Wildman–Crippen MR) is 141 cm³/mol. The Hall–Kier alpha value is -3.85. The maximum Gasteiger partial charge on any atom is 0.223 e. The van der Waals surface area contributed by atoms with E-state index in [0.717, 1.165) is 53.5 Å². The van der Waals surface area contributed by atoms with Gasteiger partial charge in [-0.05, 0) is 51.2 Å². The highest BCUT2D eigenvalue weighted by molar-refractivity contribution is 5.79. The van der Waals surface area contributed by atoms with Gasteiger partial charge in [0.25, 0.3) is 0 Å². The molecule has 0 atom stereocenters. The van der Waals surface area contributed by atoms with Gasteiger partial charge in [0.2, 0.25) is 5.91 Å². The van der Waals surface area contributed by atoms with Gasteiger partial charge in [-0.25, -0.2) is 9.97 Å². The smallest absolute Gasteiger partial charge is 0.223 e. The average Bonchev–Trinajstić information content (AvgIpc) is 3.58. The topological polar surface area (TPSA) is 111 Å². The summed E-state index contributed by atoms with van der Waals surface area (Å²) in [5.41, 5.74) is 4.37. The Balaban J connectivity index is 1.23. The van der Waals surface area contributed by atoms with Gasteiger partial charge < -0.3 is 10.4 Å². The van der Waals surface area contributed by atoms with Crippen molar-refractivity contribution in [1.82, 2.24) is 34.8 Å². The number of nitrogens with one attached hydrogen (secondary N) is 1. The van der Waals surface area contributed by atoms with E-state index in [4.69, 9.17) is 0 Å². The average molecular weight is 500 g/mol. The fourth-order valence-corrected chi connectivity index (χ4v) is 4.80. The number of carbonyl (C=O) groups is 1. The molecular weight excluding hydrogens is 466 g/mol. The van der Waals surface area contributed by atoms with Gasteiger partial charge in [-0.1, -0.05) is 18.2 Å². The lowest BCUT2D eigenvalue weighted by molar-refractivity contribution is -0.128. The van der Waals surface area contributed by atoms with Crippen LogP contribution in [0, 0.1) is 5.92 Å². The fraction of sp³-hybridized carbons (Fsp3) is 0.393. The Morgan fingerprint density at radius 3 is 2.30 bits per heavy atom. The molecule has 5 rings (SSSR count). The zero-order valence-corrected chi connectivity index (χ0v) is 21.5. The molecule has 0 saturated heterocycles. The van der Waals surface area contributed by atoms with Gasteiger partial charge in [-0.2, -0.15) is 10.2 Å². The molecule has 1 amide bonds. The summed E-state index contributed by atoms with van der Waals surface area (Å²) in [7, 11) is 1.91. The summed E-state index contributed by atoms with van der Waals surface area (Å²) in [6.07, 6.45) is 14.8. The summed E-state index contributed by atoms with van der Waals surface area (Å²) in [6.45, 7) is 3.59. The van der Waals surface area contributed by atoms with Crippen LogP contribution in [0.15, 0.2) is 61.4 Å². The summed E-state index contributed by atoms with van der Waals surface area (Å²) in [4.78, 5) is 21.8. The third-order valence-electron chi connectivity index (χ3n) is 7.04. The van der Waals surface area contributed by atoms with Crippen LogP contribution in [0.4, 0.5) is 0 Å². The minimum atomic E-state index is -0.593. The summed E-state index contributed by atoms with van der Waals surface area (Å²) < 4.78 is 3.79. The molecule has 3 aromatic heterocycles. The molecule has 4 aromatic rings. The zero-order chi connectivity index (χ0) is 26.0. The highest BCUT2D eigenvalue weighted by Gasteiger charge is 2.30. The van der Waals surface area contributed by atoms with E-state index < -0.39 is 5.54 Å². The molecule has 1 fully saturated rings. The number of amides is 1. The van der Waals surface area contributed by atoms with Crippen LogP contribution in [0.1, 0.15) is 45.6 Å². The van der Waals surface area contributed by atoms with Crippen LogP contribution in [0.25, 0.3) is 33.6 Å². The van der Waals surface area contributed by atoms with E-state index in [2.05, 4.69) is 37.6 Å². The first-order chi connectivity index (χ1) is 17.8. The Labute approximate surface area is 216 Å². The van der Waals surface area contributed by atoms with Crippen molar-refractivity contribution < 1.29 is 9.90 Å². The number of carbonyl (C=O) groups excluding carboxylic acids is 1. The van der Waals surface area contributed by atoms with Crippen molar-refractivity contribution in [3.05, 3.63) is 61.4 Å². The number of benzene rings is 1. The molecule has 9 nitrogen and oxygen atoms in total. The molecule has 0 aliphatic heterocycles. The Morgan fingerprint density at radius 1 is 0.946 bits per heavy atom. The van der Waals surface area contributed by atoms with Crippen LogP contribution in [0.5, 0.6) is 0 Å². The van der Waals surface area contributed by atoms with Gasteiger partial charge >= 0.3 is 0 Å². The van der Waals surface area contributed by atoms with E-state index in [1.807, 2.05) is 74.9 Å². The molecule has 9 heteroatoms. The normalized spacial score (nSPS) is 18.1. The van der Waals surface area contributed by atoms with Gasteiger partial charge in [-0.15, -0.1) is 0 Å². The van der Waals surface area contributed by atoms with Crippen molar-refractivity contribution in [2.45, 2.75) is 51.1 Å². The van der Waals surface area contributed by atoms with Crippen molar-refractivity contribution in [2.24, 2.45) is 13.0 Å². The van der Waals surface area contributed by atoms with Crippen LogP contribution in [-0.2, 0) is 11.8 Å². The summed E-state index contributed by atoms with van der Waals surface area (Å²) in [5, 5.41) is 21.2. The fourth-order valence-electron chi connectivity index (χ4n) is 4.80. The van der Waals surface area contributed by atoms with Gasteiger partial charge in [0, 0.05) is 60.0 Å². The molecule has 0 bridgehead atoms. The number of aliphatic hydroxyl groups excluding tert-OH is 1. The highest BCUT2D eigenvalue weighted by atomic mass is 16.3. The molecular formula is C28H33N7O2. The first-order valence-corrected chi connectivity index (χ1v) is 12.7. The molecule has 0 spiro atoms. The summed E-state index contributed by atoms with van der Waals surface area (Å²) >= 11 is 0. The molecule has 1 aromatic carbocycles. The molecule has 192 valence electrons. The third kappa shape index (κ3) is 5.61. The van der Waals surface area contributed by atoms with Gasteiger partial charge in [0.05, 0.1) is 30.6 Å². The monoisotopic (exact) mass is 499 g/mol. The molecule has 0 unspecified atom stereocenters. The van der Waals surface area contributed by atoms with E-state index in [1.165, 1.54) is 0 Å². The molecule has 3 heterocycles. The lowest BCUT2D eigenvalue weighted by atomic mass is 9.85. The number of hydrogen-bond acceptors (Lipinski definition) is 6. The maximum atomic E-state index is 12.6. The number of rotatable bonds is 7. The van der Waals surface area contributed by atoms with Crippen LogP contribution >= 0.6 is 0 Å². The van der Waals surface area contributed by atoms with E-state index >= 15 is 0 Å². The van der Waals surface area contributed by atoms with Gasteiger partial charge in [0.15, 0.2) is 5.82 Å². The van der Waals surface area contributed by atoms with Gasteiger partial charge in [-0.3, -0.25) is 14.2 Å². The molecule has 1 aliphatic carbocycles. The minimum Gasteiger partial charge on any atom is -0.394 e. The second kappa shape index (κ2) is 10.3. The first-order valence-electron chi connectivity index (χ1n) is 12.7. The Morgan fingerprint density at radius 2 is 1.62 bits per heavy atom. The largest absolute Gasteiger partial charge is 0.394 e. The molecule has 1 aliphatic rings. The van der Waals surface area contributed by atoms with Crippen molar-refractivity contribution >= 4 is 5.91 Å². The lowest BCUT2D eigenvalue weighted by Crippen LogP contribution is -2.49. The van der Waals surface area contributed by atoms with Crippen molar-refractivity contribution in [2.75, 3.05) is 6.61 Å². The zero-order valence-electron chi connectivity index (χ0n) is 21.5. The second-order valence-electron chi connectivity index (χ2n) is 10.5. The van der Waals surface area contributed by atoms with Crippen LogP contribution in [0.3, 0.4) is 0 Å². The van der Waals surface area contributed by atoms with E-state index in [-0.39, 0.29) is 24.5 Å². The van der Waals surface area contributed by atoms with Gasteiger partial charge in [0.1, 0.15) is 0 Å². The number of hydrogen-bond donors (Lipinski definition) is 2. The molecule has 2 N–H and O–H groups in total. The Bertz CT molecular complexity index is 1370. The van der Waals surface area contributed by atoms with Crippen molar-refractivity contribution in [3.8, 4) is 33.6 Å². The standard InChI is InChI=1S/C28H33N7O2/c1-28(2,18-36)33-27(37)19-7-9-25(10-8-19)35-17-24(15-32-35)22-12-29-26(30-13-22)21-6-4-5-20(11-21)23-14-31-34(3)16-23/h4-6,11-17,19,25,36H,7-10,18H2,1-3H3,(H,33,37). The second-order valence-corrected chi connectivity index (χ2v) is 10.5. The van der Waals surface area contributed by atoms with Crippen molar-refractivity contribution in [1.29, 1.82) is 0 Å². The number of aliphatic hydroxyl groups is 1. The maximum absolute atomic E-state index is 12.6. The third-order valence-corrected chi connectivity index (χ3v) is 7.04. The molecule has 1 saturated carbocycles. The summed E-state index contributed by atoms with van der Waals surface area (Å²) in [5.74, 6) is 0.680. The molecule has 0 radical (unpaired) electrons. The Kier molecular flexibility index (Phi) is 6.88. The first kappa shape index (κ1) is 24.8. The number of nitrogens with zero attached hydrogens (tertiary/aromatic N) is 6. The van der Waals surface area contributed by atoms with Crippen molar-refractivity contribution in [3.63, 3.8) is 0 Å². The predicted octanol–water partition coefficient (Wildman–Crippen LogP) is 4.03. The SMILES string of the molecule is Cn1cc(-c2cccc(-c3ncc(-c4cnn(C5CCC(C(=O)NC(C)(C)CO)CC5)c4)cn3)c2)cn1. The lowest BCUT2D eigenvalue weighted by Gasteiger charge is -2.31. The minimum absolute atomic E-state index is 0.0188. The van der Waals surface area contributed by atoms with E-state index in [0.29, 0.717) is 5.82 Å². The van der Waals surface area contributed by atoms with E-state index in [1.54, 1.807) is 4.68 Å². The van der Waals surface area contributed by atoms with Crippen LogP contribution in [-0.4, -0.2) is 52.7 Å². The number of aryl methyl sites for hydroxylation is 1. The number of aromatic nitrogens is 6. The van der Waals surface area contributed by atoms with Crippen LogP contribution in [0.2, 0.25) is 0 Å². The van der Waals surface area contributed by atoms with E-state index in [9.17, 15) is 9.90 Å². The molecule has 37 heavy (non-hydrogen) atoms.